The van der Waals surface area contributed by atoms with Gasteiger partial charge in [0.15, 0.2) is 11.0 Å². The van der Waals surface area contributed by atoms with Crippen molar-refractivity contribution in [3.8, 4) is 11.9 Å². The molecular weight excluding hydrogens is 352 g/mol. The summed E-state index contributed by atoms with van der Waals surface area (Å²) in [6, 6.07) is 12.7. The average molecular weight is 365 g/mol. The molecule has 0 aliphatic carbocycles. The van der Waals surface area contributed by atoms with E-state index in [0.29, 0.717) is 23.6 Å². The Morgan fingerprint density at radius 2 is 2.00 bits per heavy atom. The van der Waals surface area contributed by atoms with Crippen LogP contribution in [0.15, 0.2) is 36.4 Å². The number of benzene rings is 1. The lowest BCUT2D eigenvalue weighted by molar-refractivity contribution is -0.116. The number of hydrogen-bond donors (Lipinski definition) is 1. The molecule has 3 aromatic rings. The topological polar surface area (TPSA) is 96.5 Å². The van der Waals surface area contributed by atoms with Gasteiger partial charge in [-0.3, -0.25) is 4.79 Å². The van der Waals surface area contributed by atoms with Crippen molar-refractivity contribution in [2.24, 2.45) is 0 Å². The Bertz CT molecular complexity index is 1030. The summed E-state index contributed by atoms with van der Waals surface area (Å²) in [5, 5.41) is 24.6. The van der Waals surface area contributed by atoms with E-state index in [1.807, 2.05) is 19.1 Å². The number of amides is 1. The fourth-order valence-electron chi connectivity index (χ4n) is 3.21. The maximum absolute atomic E-state index is 12.3. The summed E-state index contributed by atoms with van der Waals surface area (Å²) in [6.07, 6.45) is 0.317. The summed E-state index contributed by atoms with van der Waals surface area (Å²) in [7, 11) is 0. The maximum Gasteiger partial charge on any atom is 0.226 e. The zero-order valence-corrected chi connectivity index (χ0v) is 14.5. The van der Waals surface area contributed by atoms with E-state index < -0.39 is 0 Å². The van der Waals surface area contributed by atoms with E-state index in [2.05, 4.69) is 26.7 Å². The molecule has 1 aromatic carbocycles. The van der Waals surface area contributed by atoms with Gasteiger partial charge in [0.2, 0.25) is 5.91 Å². The van der Waals surface area contributed by atoms with Crippen LogP contribution in [0.5, 0.6) is 0 Å². The molecule has 8 heteroatoms. The van der Waals surface area contributed by atoms with Crippen LogP contribution in [0, 0.1) is 18.3 Å². The summed E-state index contributed by atoms with van der Waals surface area (Å²) in [5.41, 5.74) is 3.28. The fraction of sp³-hybridized carbons (Fsp3) is 0.167. The normalized spacial score (nSPS) is 15.9. The number of rotatable bonds is 2. The molecule has 0 fully saturated rings. The molecule has 1 atom stereocenters. The Hall–Kier alpha value is -3.24. The second-order valence-corrected chi connectivity index (χ2v) is 6.40. The Balaban J connectivity index is 1.84. The molecule has 7 nitrogen and oxygen atoms in total. The molecule has 1 aliphatic heterocycles. The van der Waals surface area contributed by atoms with Crippen LogP contribution in [0.3, 0.4) is 0 Å². The minimum atomic E-state index is -0.138. The van der Waals surface area contributed by atoms with Gasteiger partial charge in [0.1, 0.15) is 5.82 Å². The molecule has 3 heterocycles. The molecule has 0 bridgehead atoms. The van der Waals surface area contributed by atoms with Gasteiger partial charge in [0, 0.05) is 17.9 Å². The predicted molar refractivity (Wildman–Crippen MR) is 95.1 cm³/mol. The van der Waals surface area contributed by atoms with Crippen molar-refractivity contribution in [1.82, 2.24) is 20.0 Å². The quantitative estimate of drug-likeness (QED) is 0.754. The van der Waals surface area contributed by atoms with Crippen molar-refractivity contribution >= 4 is 23.3 Å². The zero-order chi connectivity index (χ0) is 18.3. The van der Waals surface area contributed by atoms with Crippen molar-refractivity contribution in [3.05, 3.63) is 63.9 Å². The van der Waals surface area contributed by atoms with Crippen LogP contribution in [-0.2, 0) is 4.79 Å². The Morgan fingerprint density at radius 3 is 2.65 bits per heavy atom. The predicted octanol–water partition coefficient (Wildman–Crippen LogP) is 2.97. The Kier molecular flexibility index (Phi) is 3.90. The molecule has 0 radical (unpaired) electrons. The summed E-state index contributed by atoms with van der Waals surface area (Å²) in [6.45, 7) is 1.90. The van der Waals surface area contributed by atoms with Gasteiger partial charge in [-0.15, -0.1) is 10.2 Å². The molecule has 26 heavy (non-hydrogen) atoms. The summed E-state index contributed by atoms with van der Waals surface area (Å²) in [5.74, 6) is 0.819. The molecule has 0 saturated carbocycles. The first-order chi connectivity index (χ1) is 12.6. The van der Waals surface area contributed by atoms with Crippen molar-refractivity contribution in [2.45, 2.75) is 19.3 Å². The van der Waals surface area contributed by atoms with E-state index in [0.717, 1.165) is 16.8 Å². The van der Waals surface area contributed by atoms with Crippen molar-refractivity contribution < 1.29 is 4.79 Å². The van der Waals surface area contributed by atoms with Crippen LogP contribution in [-0.4, -0.2) is 25.9 Å². The van der Waals surface area contributed by atoms with Crippen molar-refractivity contribution in [1.29, 1.82) is 5.26 Å². The van der Waals surface area contributed by atoms with Crippen LogP contribution in [0.4, 0.5) is 5.82 Å². The summed E-state index contributed by atoms with van der Waals surface area (Å²) in [4.78, 5) is 12.3. The van der Waals surface area contributed by atoms with E-state index in [1.54, 1.807) is 28.9 Å². The maximum atomic E-state index is 12.3. The Morgan fingerprint density at radius 1 is 1.23 bits per heavy atom. The number of carbonyl (C=O) groups excluding carboxylic acids is 1. The number of fused-ring (bicyclic) bond motifs is 1. The lowest BCUT2D eigenvalue weighted by Gasteiger charge is -2.24. The standard InChI is InChI=1S/C18H13ClN6O/c1-10-17-13(12-4-2-11(9-20)3-5-12)8-16(26)21-18(17)25(24-10)15-7-6-14(19)22-23-15/h2-7,13H,8H2,1H3,(H,21,26). The lowest BCUT2D eigenvalue weighted by atomic mass is 9.85. The molecule has 0 spiro atoms. The Labute approximate surface area is 154 Å². The number of nitrogens with one attached hydrogen (secondary N) is 1. The minimum absolute atomic E-state index is 0.102. The molecule has 1 N–H and O–H groups in total. The second-order valence-electron chi connectivity index (χ2n) is 6.01. The van der Waals surface area contributed by atoms with Crippen molar-refractivity contribution in [3.63, 3.8) is 0 Å². The molecule has 2 aromatic heterocycles. The van der Waals surface area contributed by atoms with Gasteiger partial charge in [-0.1, -0.05) is 23.7 Å². The van der Waals surface area contributed by atoms with E-state index >= 15 is 0 Å². The summed E-state index contributed by atoms with van der Waals surface area (Å²) >= 11 is 5.80. The average Bonchev–Trinajstić information content (AvgIpc) is 2.98. The summed E-state index contributed by atoms with van der Waals surface area (Å²) < 4.78 is 1.57. The lowest BCUT2D eigenvalue weighted by Crippen LogP contribution is -2.25. The third-order valence-electron chi connectivity index (χ3n) is 4.38. The van der Waals surface area contributed by atoms with Crippen LogP contribution < -0.4 is 5.32 Å². The number of carbonyl (C=O) groups is 1. The highest BCUT2D eigenvalue weighted by molar-refractivity contribution is 6.29. The second kappa shape index (κ2) is 6.24. The van der Waals surface area contributed by atoms with Gasteiger partial charge in [-0.05, 0) is 36.8 Å². The number of aromatic nitrogens is 4. The van der Waals surface area contributed by atoms with E-state index in [9.17, 15) is 4.79 Å². The van der Waals surface area contributed by atoms with E-state index in [1.165, 1.54) is 0 Å². The highest BCUT2D eigenvalue weighted by Gasteiger charge is 2.32. The number of nitriles is 1. The van der Waals surface area contributed by atoms with E-state index in [4.69, 9.17) is 16.9 Å². The van der Waals surface area contributed by atoms with Gasteiger partial charge in [-0.2, -0.15) is 15.0 Å². The first-order valence-corrected chi connectivity index (χ1v) is 8.33. The number of aryl methyl sites for hydroxylation is 1. The molecule has 4 rings (SSSR count). The highest BCUT2D eigenvalue weighted by atomic mass is 35.5. The molecule has 1 aliphatic rings. The fourth-order valence-corrected chi connectivity index (χ4v) is 3.31. The number of nitrogens with zero attached hydrogens (tertiary/aromatic N) is 5. The van der Waals surface area contributed by atoms with Gasteiger partial charge in [0.05, 0.1) is 17.3 Å². The highest BCUT2D eigenvalue weighted by Crippen LogP contribution is 2.39. The van der Waals surface area contributed by atoms with Gasteiger partial charge < -0.3 is 5.32 Å². The van der Waals surface area contributed by atoms with Crippen LogP contribution >= 0.6 is 11.6 Å². The first-order valence-electron chi connectivity index (χ1n) is 7.96. The molecule has 1 amide bonds. The molecule has 1 unspecified atom stereocenters. The first kappa shape index (κ1) is 16.2. The zero-order valence-electron chi connectivity index (χ0n) is 13.8. The van der Waals surface area contributed by atoms with Gasteiger partial charge >= 0.3 is 0 Å². The third-order valence-corrected chi connectivity index (χ3v) is 4.58. The van der Waals surface area contributed by atoms with E-state index in [-0.39, 0.29) is 17.0 Å². The molecule has 0 saturated heterocycles. The largest absolute Gasteiger partial charge is 0.310 e. The molecular formula is C18H13ClN6O. The number of anilines is 1. The van der Waals surface area contributed by atoms with Gasteiger partial charge in [0.25, 0.3) is 0 Å². The smallest absolute Gasteiger partial charge is 0.226 e. The van der Waals surface area contributed by atoms with Crippen LogP contribution in [0.1, 0.15) is 34.7 Å². The van der Waals surface area contributed by atoms with Crippen LogP contribution in [0.25, 0.3) is 5.82 Å². The third kappa shape index (κ3) is 2.70. The number of hydrogen-bond acceptors (Lipinski definition) is 5. The van der Waals surface area contributed by atoms with Crippen molar-refractivity contribution in [2.75, 3.05) is 5.32 Å². The molecule has 128 valence electrons. The SMILES string of the molecule is Cc1nn(-c2ccc(Cl)nn2)c2c1C(c1ccc(C#N)cc1)CC(=O)N2. The minimum Gasteiger partial charge on any atom is -0.310 e. The monoisotopic (exact) mass is 364 g/mol. The number of halogens is 1. The van der Waals surface area contributed by atoms with Crippen LogP contribution in [0.2, 0.25) is 5.15 Å². The van der Waals surface area contributed by atoms with Gasteiger partial charge in [-0.25, -0.2) is 0 Å².